The lowest BCUT2D eigenvalue weighted by molar-refractivity contribution is -0.115. The number of benzene rings is 1. The summed E-state index contributed by atoms with van der Waals surface area (Å²) in [6.07, 6.45) is 13.2. The average molecular weight is 379 g/mol. The Labute approximate surface area is 169 Å². The van der Waals surface area contributed by atoms with Crippen LogP contribution in [0.2, 0.25) is 0 Å². The van der Waals surface area contributed by atoms with Gasteiger partial charge in [-0.1, -0.05) is 39.0 Å². The Morgan fingerprint density at radius 1 is 1.21 bits per heavy atom. The van der Waals surface area contributed by atoms with Gasteiger partial charge in [0.25, 0.3) is 0 Å². The van der Waals surface area contributed by atoms with Gasteiger partial charge in [-0.05, 0) is 96.8 Å². The maximum Gasteiger partial charge on any atom is 0.155 e. The largest absolute Gasteiger partial charge is 0.298 e. The number of carbonyl (C=O) groups excluding carboxylic acids is 2. The number of fused-ring (bicyclic) bond motifs is 5. The third-order valence-corrected chi connectivity index (χ3v) is 8.08. The van der Waals surface area contributed by atoms with Crippen LogP contribution in [0.15, 0.2) is 30.4 Å². The summed E-state index contributed by atoms with van der Waals surface area (Å²) in [6, 6.07) is 6.35. The molecule has 2 heteroatoms. The van der Waals surface area contributed by atoms with E-state index in [9.17, 15) is 9.59 Å². The Kier molecular flexibility index (Phi) is 5.33. The zero-order valence-electron chi connectivity index (χ0n) is 17.6. The summed E-state index contributed by atoms with van der Waals surface area (Å²) in [4.78, 5) is 23.3. The van der Waals surface area contributed by atoms with Crippen LogP contribution in [0.5, 0.6) is 0 Å². The first-order chi connectivity index (χ1) is 13.4. The number of carbonyl (C=O) groups is 2. The minimum Gasteiger partial charge on any atom is -0.298 e. The summed E-state index contributed by atoms with van der Waals surface area (Å²) in [5, 5.41) is 0. The maximum absolute atomic E-state index is 12.2. The predicted octanol–water partition coefficient (Wildman–Crippen LogP) is 6.14. The van der Waals surface area contributed by atoms with Gasteiger partial charge in [-0.15, -0.1) is 0 Å². The van der Waals surface area contributed by atoms with Crippen LogP contribution in [-0.2, 0) is 11.2 Å². The number of hydrogen-bond donors (Lipinski definition) is 0. The third-order valence-electron chi connectivity index (χ3n) is 8.08. The van der Waals surface area contributed by atoms with Gasteiger partial charge in [0, 0.05) is 12.0 Å². The first-order valence-corrected chi connectivity index (χ1v) is 11.2. The molecule has 0 bridgehead atoms. The van der Waals surface area contributed by atoms with E-state index in [1.807, 2.05) is 12.1 Å². The van der Waals surface area contributed by atoms with Crippen molar-refractivity contribution < 1.29 is 9.59 Å². The van der Waals surface area contributed by atoms with Crippen molar-refractivity contribution in [2.24, 2.45) is 29.1 Å². The monoisotopic (exact) mass is 378 g/mol. The first-order valence-electron chi connectivity index (χ1n) is 11.2. The second-order valence-corrected chi connectivity index (χ2v) is 10.1. The summed E-state index contributed by atoms with van der Waals surface area (Å²) in [5.74, 6) is 3.45. The lowest BCUT2D eigenvalue weighted by Gasteiger charge is -2.50. The summed E-state index contributed by atoms with van der Waals surface area (Å²) in [7, 11) is 0. The summed E-state index contributed by atoms with van der Waals surface area (Å²) < 4.78 is 0. The van der Waals surface area contributed by atoms with Gasteiger partial charge >= 0.3 is 0 Å². The lowest BCUT2D eigenvalue weighted by atomic mass is 9.54. The van der Waals surface area contributed by atoms with E-state index >= 15 is 0 Å². The smallest absolute Gasteiger partial charge is 0.155 e. The molecule has 1 aromatic carbocycles. The molecule has 1 aromatic rings. The minimum absolute atomic E-state index is 0.285. The molecule has 150 valence electrons. The molecule has 3 aliphatic rings. The van der Waals surface area contributed by atoms with E-state index in [-0.39, 0.29) is 5.78 Å². The minimum atomic E-state index is 0.285. The molecule has 0 spiro atoms. The van der Waals surface area contributed by atoms with Gasteiger partial charge in [0.2, 0.25) is 0 Å². The van der Waals surface area contributed by atoms with Crippen LogP contribution < -0.4 is 0 Å². The van der Waals surface area contributed by atoms with Gasteiger partial charge in [0.1, 0.15) is 6.29 Å². The van der Waals surface area contributed by atoms with Crippen molar-refractivity contribution in [3.8, 4) is 0 Å². The molecule has 0 aliphatic heterocycles. The first kappa shape index (κ1) is 19.6. The lowest BCUT2D eigenvalue weighted by Crippen LogP contribution is -2.42. The van der Waals surface area contributed by atoms with Crippen molar-refractivity contribution in [2.45, 2.75) is 71.6 Å². The molecule has 0 N–H and O–H groups in total. The Balaban J connectivity index is 1.53. The van der Waals surface area contributed by atoms with Crippen molar-refractivity contribution in [2.75, 3.05) is 0 Å². The Morgan fingerprint density at radius 3 is 2.79 bits per heavy atom. The van der Waals surface area contributed by atoms with Gasteiger partial charge in [0.15, 0.2) is 5.78 Å². The molecule has 5 atom stereocenters. The van der Waals surface area contributed by atoms with Crippen molar-refractivity contribution in [1.82, 2.24) is 0 Å². The molecule has 3 aliphatic carbocycles. The molecular weight excluding hydrogens is 344 g/mol. The van der Waals surface area contributed by atoms with Crippen LogP contribution in [0.3, 0.4) is 0 Å². The molecule has 0 radical (unpaired) electrons. The van der Waals surface area contributed by atoms with E-state index in [0.29, 0.717) is 29.6 Å². The van der Waals surface area contributed by atoms with E-state index in [1.54, 1.807) is 0 Å². The highest BCUT2D eigenvalue weighted by Crippen LogP contribution is 2.63. The van der Waals surface area contributed by atoms with Crippen LogP contribution in [0.1, 0.15) is 86.7 Å². The van der Waals surface area contributed by atoms with E-state index in [2.05, 4.69) is 39.0 Å². The fraction of sp³-hybridized carbons (Fsp3) is 0.615. The van der Waals surface area contributed by atoms with Crippen LogP contribution in [0, 0.1) is 29.1 Å². The summed E-state index contributed by atoms with van der Waals surface area (Å²) >= 11 is 0. The number of aldehydes is 1. The highest BCUT2D eigenvalue weighted by Gasteiger charge is 2.53. The zero-order valence-corrected chi connectivity index (χ0v) is 17.6. The third kappa shape index (κ3) is 3.40. The van der Waals surface area contributed by atoms with Crippen LogP contribution in [-0.4, -0.2) is 12.1 Å². The molecule has 0 unspecified atom stereocenters. The molecule has 2 saturated carbocycles. The Bertz CT molecular complexity index is 790. The van der Waals surface area contributed by atoms with E-state index < -0.39 is 0 Å². The van der Waals surface area contributed by atoms with Crippen LogP contribution >= 0.6 is 0 Å². The topological polar surface area (TPSA) is 34.1 Å². The second-order valence-electron chi connectivity index (χ2n) is 10.1. The molecule has 0 amide bonds. The van der Waals surface area contributed by atoms with Gasteiger partial charge < -0.3 is 0 Å². The van der Waals surface area contributed by atoms with Crippen molar-refractivity contribution in [1.29, 1.82) is 0 Å². The van der Waals surface area contributed by atoms with Crippen LogP contribution in [0.4, 0.5) is 0 Å². The standard InChI is InChI=1S/C26H34O2/c1-17(2)14-21(28)8-6-20-7-11-25-24-10-5-19-15-18(16-27)4-9-22(19)23(24)12-13-26(20,25)3/h4,6,8-9,15-17,20,23-25H,5,7,10-14H2,1-3H3/b8-6+/t20-,23+,24+,25-,26+/m0/s1. The SMILES string of the molecule is CC(C)CC(=O)/C=C/[C@H]1CC[C@H]2[C@@H]3CCc4cc(C=O)ccc4[C@H]3CC[C@]12C. The number of allylic oxidation sites excluding steroid dienone is 2. The summed E-state index contributed by atoms with van der Waals surface area (Å²) in [5.41, 5.74) is 4.07. The fourth-order valence-electron chi connectivity index (χ4n) is 6.73. The fourth-order valence-corrected chi connectivity index (χ4v) is 6.73. The maximum atomic E-state index is 12.2. The van der Waals surface area contributed by atoms with Gasteiger partial charge in [-0.3, -0.25) is 9.59 Å². The molecular formula is C26H34O2. The zero-order chi connectivity index (χ0) is 19.9. The Hall–Kier alpha value is -1.70. The molecule has 0 aromatic heterocycles. The van der Waals surface area contributed by atoms with Crippen molar-refractivity contribution in [3.05, 3.63) is 47.0 Å². The van der Waals surface area contributed by atoms with Crippen molar-refractivity contribution >= 4 is 12.1 Å². The molecule has 0 saturated heterocycles. The van der Waals surface area contributed by atoms with E-state index in [4.69, 9.17) is 0 Å². The highest BCUT2D eigenvalue weighted by molar-refractivity contribution is 5.89. The van der Waals surface area contributed by atoms with Gasteiger partial charge in [-0.2, -0.15) is 0 Å². The number of ketones is 1. The van der Waals surface area contributed by atoms with E-state index in [1.165, 1.54) is 43.2 Å². The predicted molar refractivity (Wildman–Crippen MR) is 114 cm³/mol. The number of hydrogen-bond acceptors (Lipinski definition) is 2. The summed E-state index contributed by atoms with van der Waals surface area (Å²) in [6.45, 7) is 6.71. The average Bonchev–Trinajstić information content (AvgIpc) is 3.01. The van der Waals surface area contributed by atoms with Crippen LogP contribution in [0.25, 0.3) is 0 Å². The molecule has 0 heterocycles. The van der Waals surface area contributed by atoms with Gasteiger partial charge in [-0.25, -0.2) is 0 Å². The molecule has 2 fully saturated rings. The second kappa shape index (κ2) is 7.61. The molecule has 28 heavy (non-hydrogen) atoms. The Morgan fingerprint density at radius 2 is 2.04 bits per heavy atom. The normalized spacial score (nSPS) is 34.1. The van der Waals surface area contributed by atoms with Gasteiger partial charge in [0.05, 0.1) is 0 Å². The van der Waals surface area contributed by atoms with E-state index in [0.717, 1.165) is 30.1 Å². The molecule has 2 nitrogen and oxygen atoms in total. The number of aryl methyl sites for hydroxylation is 1. The molecule has 4 rings (SSSR count). The quantitative estimate of drug-likeness (QED) is 0.455. The van der Waals surface area contributed by atoms with Crippen molar-refractivity contribution in [3.63, 3.8) is 0 Å². The highest BCUT2D eigenvalue weighted by atomic mass is 16.1. The number of rotatable bonds is 5.